The minimum atomic E-state index is -1.80. The van der Waals surface area contributed by atoms with Crippen molar-refractivity contribution in [3.8, 4) is 0 Å². The number of ketones is 3. The van der Waals surface area contributed by atoms with E-state index in [0.717, 1.165) is 0 Å². The van der Waals surface area contributed by atoms with E-state index in [1.165, 1.54) is 21.6 Å². The molecule has 31 N–H and O–H groups in total. The van der Waals surface area contributed by atoms with E-state index in [1.54, 1.807) is 0 Å². The number of rotatable bonds is 73. The van der Waals surface area contributed by atoms with Crippen LogP contribution in [0.5, 0.6) is 0 Å². The van der Waals surface area contributed by atoms with Crippen LogP contribution in [0.25, 0.3) is 0 Å². The number of carbonyl (C=O) groups excluding carboxylic acids is 11. The maximum absolute atomic E-state index is 14.4. The smallest absolute Gasteiger partial charge is 0.242 e. The Labute approximate surface area is 861 Å². The highest BCUT2D eigenvalue weighted by Crippen LogP contribution is 2.30. The number of aliphatic hydroxyl groups is 24. The lowest BCUT2D eigenvalue weighted by molar-refractivity contribution is -0.303. The third-order valence-corrected chi connectivity index (χ3v) is 26.6. The van der Waals surface area contributed by atoms with Crippen LogP contribution in [0.3, 0.4) is 0 Å². The monoisotopic (exact) mass is 2160 g/mol. The highest BCUT2D eigenvalue weighted by Gasteiger charge is 2.51. The Morgan fingerprint density at radius 1 is 0.275 bits per heavy atom. The number of Topliss-reactive ketones (excluding diaryl/α,β-unsaturated/α-hetero) is 3. The number of carbonyl (C=O) groups is 11. The number of nitrogens with one attached hydrogen (secondary N) is 5. The van der Waals surface area contributed by atoms with Gasteiger partial charge in [-0.3, -0.25) is 52.7 Å². The summed E-state index contributed by atoms with van der Waals surface area (Å²) in [6.07, 6.45) is -48.0. The van der Waals surface area contributed by atoms with Crippen LogP contribution in [-0.2, 0) is 110 Å². The zero-order valence-corrected chi connectivity index (χ0v) is 84.0. The van der Waals surface area contributed by atoms with Gasteiger partial charge in [-0.05, 0) is 96.9 Å². The Morgan fingerprint density at radius 3 is 0.872 bits per heavy atom. The van der Waals surface area contributed by atoms with Crippen molar-refractivity contribution in [1.29, 1.82) is 0 Å². The molecule has 0 aromatic carbocycles. The first kappa shape index (κ1) is 131. The van der Waals surface area contributed by atoms with Crippen LogP contribution >= 0.6 is 0 Å². The molecule has 6 aliphatic rings. The number of amides is 8. The molecule has 0 aromatic heterocycles. The quantitative estimate of drug-likeness (QED) is 0.0251. The lowest BCUT2D eigenvalue weighted by Gasteiger charge is -2.40. The molecule has 0 spiro atoms. The minimum absolute atomic E-state index is 0.00178. The van der Waals surface area contributed by atoms with Gasteiger partial charge in [-0.1, -0.05) is 19.3 Å². The molecular weight excluding hydrogens is 2000 g/mol. The molecule has 0 aromatic rings. The predicted molar refractivity (Wildman–Crippen MR) is 504 cm³/mol. The van der Waals surface area contributed by atoms with E-state index in [-0.39, 0.29) is 232 Å². The van der Waals surface area contributed by atoms with Gasteiger partial charge in [-0.25, -0.2) is 0 Å². The molecule has 6 saturated heterocycles. The molecule has 6 rings (SSSR count). The molecule has 0 saturated carbocycles. The average molecular weight is 2160 g/mol. The fourth-order valence-electron chi connectivity index (χ4n) is 17.2. The van der Waals surface area contributed by atoms with Gasteiger partial charge >= 0.3 is 0 Å². The SMILES string of the molecule is CC(=O)[C@H](CCCCN)NC(=O)CCCCC(=O)CCC(=O)N[C@@H](CCC(=O)C[C@@H](CCC(=O)NCCCCCC(=O)N(CCOC1O[C@H](CO)[C@@H](O)[C@H](O)[C@@H]1O)CCO[C@H]1O[C@H](CO)[C@@H](O)[C@H](O)[C@@H]1O)C(=O)NCCCCCC(=O)N(CCOC1O[C@H](CO)[C@@H](O)[C@H](O)[C@@H]1O)CCOC1O[C@H](CO)[C@@H](O)[C@H](O)[C@@H]1O)C(=O)NCCCCCC(=O)N(CCOC1O[C@H](CO)[C@@H](O)[C@H](O)[C@@H]1O)CCOC1O[C@H](CO)[C@@H](O)[C@H](O)[C@@H]1O. The summed E-state index contributed by atoms with van der Waals surface area (Å²) in [4.78, 5) is 155. The van der Waals surface area contributed by atoms with Crippen molar-refractivity contribution in [3.63, 3.8) is 0 Å². The number of ether oxygens (including phenoxy) is 12. The largest absolute Gasteiger partial charge is 0.394 e. The summed E-state index contributed by atoms with van der Waals surface area (Å²) >= 11 is 0. The van der Waals surface area contributed by atoms with Crippen molar-refractivity contribution in [3.05, 3.63) is 0 Å². The van der Waals surface area contributed by atoms with E-state index in [4.69, 9.17) is 62.6 Å². The van der Waals surface area contributed by atoms with Gasteiger partial charge in [-0.2, -0.15) is 0 Å². The summed E-state index contributed by atoms with van der Waals surface area (Å²) in [5.41, 5.74) is 5.59. The second-order valence-electron chi connectivity index (χ2n) is 37.8. The Bertz CT molecular complexity index is 3770. The first-order valence-corrected chi connectivity index (χ1v) is 51.1. The van der Waals surface area contributed by atoms with Crippen molar-refractivity contribution in [1.82, 2.24) is 41.3 Å². The van der Waals surface area contributed by atoms with Gasteiger partial charge < -0.3 is 226 Å². The topological polar surface area (TPSA) is 880 Å². The number of hydrogen-bond donors (Lipinski definition) is 30. The predicted octanol–water partition coefficient (Wildman–Crippen LogP) is -13.9. The Morgan fingerprint density at radius 2 is 0.564 bits per heavy atom. The summed E-state index contributed by atoms with van der Waals surface area (Å²) in [5.74, 6) is -7.23. The van der Waals surface area contributed by atoms with Crippen molar-refractivity contribution in [2.24, 2.45) is 11.7 Å². The average Bonchev–Trinajstić information content (AvgIpc) is 0.837. The summed E-state index contributed by atoms with van der Waals surface area (Å²) in [6, 6.07) is -2.17. The van der Waals surface area contributed by atoms with Crippen molar-refractivity contribution < 1.29 is 232 Å². The molecular formula is C93H163N9O47. The highest BCUT2D eigenvalue weighted by molar-refractivity contribution is 5.92. The third kappa shape index (κ3) is 43.4. The Kier molecular flexibility index (Phi) is 61.5. The molecule has 862 valence electrons. The van der Waals surface area contributed by atoms with E-state index < -0.39 is 314 Å². The molecule has 6 heterocycles. The van der Waals surface area contributed by atoms with Crippen LogP contribution in [0, 0.1) is 5.92 Å². The number of nitrogens with zero attached hydrogens (tertiary/aromatic N) is 3. The lowest BCUT2D eigenvalue weighted by atomic mass is 9.93. The van der Waals surface area contributed by atoms with Crippen molar-refractivity contribution in [2.75, 3.05) is 145 Å². The third-order valence-electron chi connectivity index (χ3n) is 26.6. The van der Waals surface area contributed by atoms with Crippen LogP contribution < -0.4 is 32.3 Å². The van der Waals surface area contributed by atoms with Crippen LogP contribution in [-0.4, -0.2) is 543 Å². The van der Waals surface area contributed by atoms with E-state index in [2.05, 4.69) is 26.6 Å². The fraction of sp³-hybridized carbons (Fsp3) is 0.882. The zero-order valence-electron chi connectivity index (χ0n) is 84.0. The van der Waals surface area contributed by atoms with E-state index in [1.807, 2.05) is 0 Å². The Balaban J connectivity index is 1.14. The molecule has 33 atom stereocenters. The number of nitrogens with two attached hydrogens (primary N) is 1. The van der Waals surface area contributed by atoms with Gasteiger partial charge in [0.2, 0.25) is 47.3 Å². The molecule has 0 aliphatic carbocycles. The summed E-state index contributed by atoms with van der Waals surface area (Å²) < 4.78 is 66.4. The van der Waals surface area contributed by atoms with E-state index >= 15 is 0 Å². The molecule has 6 fully saturated rings. The molecule has 0 radical (unpaired) electrons. The van der Waals surface area contributed by atoms with Crippen molar-refractivity contribution >= 4 is 64.6 Å². The molecule has 149 heavy (non-hydrogen) atoms. The van der Waals surface area contributed by atoms with Gasteiger partial charge in [0, 0.05) is 129 Å². The van der Waals surface area contributed by atoms with Gasteiger partial charge in [0.15, 0.2) is 43.5 Å². The fourth-order valence-corrected chi connectivity index (χ4v) is 17.2. The maximum atomic E-state index is 14.4. The normalized spacial score (nSPS) is 30.8. The van der Waals surface area contributed by atoms with Crippen LogP contribution in [0.4, 0.5) is 0 Å². The summed E-state index contributed by atoms with van der Waals surface area (Å²) in [7, 11) is 0. The highest BCUT2D eigenvalue weighted by atomic mass is 16.7. The van der Waals surface area contributed by atoms with Crippen LogP contribution in [0.15, 0.2) is 0 Å². The minimum Gasteiger partial charge on any atom is -0.394 e. The first-order chi connectivity index (χ1) is 71.1. The van der Waals surface area contributed by atoms with Crippen molar-refractivity contribution in [2.45, 2.75) is 370 Å². The van der Waals surface area contributed by atoms with E-state index in [9.17, 15) is 175 Å². The number of unbranched alkanes of at least 4 members (excludes halogenated alkanes) is 8. The Hall–Kier alpha value is -6.71. The van der Waals surface area contributed by atoms with Crippen LogP contribution in [0.1, 0.15) is 174 Å². The molecule has 8 amide bonds. The van der Waals surface area contributed by atoms with E-state index in [0.29, 0.717) is 32.2 Å². The second kappa shape index (κ2) is 70.0. The van der Waals surface area contributed by atoms with Crippen LogP contribution in [0.2, 0.25) is 0 Å². The number of hydrogen-bond acceptors (Lipinski definition) is 48. The standard InChI is InChI=1S/C93H163N9O47/c1-50(109)54(16-10-11-27-94)98-63(113)17-9-8-15-52(110)23-26-64(114)99-55(87(137)97-30-14-4-7-20-67(117)102(35-41-142-92-84(134)78(128)72(122)60(48-107)148-92)36-42-143-93-85(135)79(129)73(123)61(49-108)149-93)24-22-53(111)43-51(86(136)96-29-13-3-6-19-66(116)101(33-39-140-90-82(132)76(126)70(120)58(46-105)146-90)34-40-141-91-83(133)77(127)71(121)59(47-106)147-91)21-25-62(112)95-28-12-2-5-18-65(115)100(31-37-138-88-80(130)74(124)68(118)56(44-103)144-88)32-38-139-89-81(131)75(125)69(119)57(45-104)145-89/h51,54-61,68-85,88-93,103-108,118-135H,2-49,94H2,1H3,(H,95,112)(H,96,136)(H,97,137)(H,98,113)(H,99,114)/t51-,54+,55+,56-,57-,58-,59-,60-,61-,68-,69-,70-,71-,72-,73-,74+,75+,76+,77+,78+,79+,80+,81+,82+,83+,84+,85+,88+,89?,90?,91?,92?,93?/m1/s1. The molecule has 0 bridgehead atoms. The lowest BCUT2D eigenvalue weighted by Crippen LogP contribution is -2.59. The summed E-state index contributed by atoms with van der Waals surface area (Å²) in [5, 5.41) is 259. The molecule has 56 heteroatoms. The van der Waals surface area contributed by atoms with Gasteiger partial charge in [0.1, 0.15) is 164 Å². The second-order valence-corrected chi connectivity index (χ2v) is 37.8. The van der Waals surface area contributed by atoms with Gasteiger partial charge in [0.05, 0.1) is 85.3 Å². The molecule has 5 unspecified atom stereocenters. The van der Waals surface area contributed by atoms with Gasteiger partial charge in [0.25, 0.3) is 0 Å². The van der Waals surface area contributed by atoms with Gasteiger partial charge in [-0.15, -0.1) is 0 Å². The maximum Gasteiger partial charge on any atom is 0.242 e. The summed E-state index contributed by atoms with van der Waals surface area (Å²) in [6.45, 7) is -6.50. The number of aliphatic hydroxyl groups excluding tert-OH is 24. The molecule has 56 nitrogen and oxygen atoms in total. The zero-order chi connectivity index (χ0) is 110. The molecule has 6 aliphatic heterocycles. The first-order valence-electron chi connectivity index (χ1n) is 51.1.